The molecule has 7 rings (SSSR count). The summed E-state index contributed by atoms with van der Waals surface area (Å²) in [5.74, 6) is 0. The fourth-order valence-corrected chi connectivity index (χ4v) is 7.55. The molecule has 3 heterocycles. The Morgan fingerprint density at radius 2 is 1.20 bits per heavy atom. The number of carbonyl (C=O) groups excluding carboxylic acids is 1. The van der Waals surface area contributed by atoms with Crippen molar-refractivity contribution in [1.82, 2.24) is 19.9 Å². The molecule has 5 aromatic rings. The second kappa shape index (κ2) is 19.4. The lowest BCUT2D eigenvalue weighted by atomic mass is 9.92. The van der Waals surface area contributed by atoms with Crippen LogP contribution in [-0.4, -0.2) is 81.0 Å². The third kappa shape index (κ3) is 11.2. The molecule has 59 heavy (non-hydrogen) atoms. The molecule has 0 bridgehead atoms. The van der Waals surface area contributed by atoms with E-state index >= 15 is 0 Å². The van der Waals surface area contributed by atoms with Crippen LogP contribution in [-0.2, 0) is 66.1 Å². The molecule has 0 aliphatic carbocycles. The second-order valence-corrected chi connectivity index (χ2v) is 16.5. The Balaban J connectivity index is 1.25. The van der Waals surface area contributed by atoms with Gasteiger partial charge in [-0.15, -0.1) is 5.10 Å². The third-order valence-electron chi connectivity index (χ3n) is 10.4. The number of carbonyl (C=O) groups is 1. The molecule has 312 valence electrons. The number of benzene rings is 4. The van der Waals surface area contributed by atoms with E-state index in [9.17, 15) is 4.79 Å². The van der Waals surface area contributed by atoms with Gasteiger partial charge in [-0.05, 0) is 56.9 Å². The van der Waals surface area contributed by atoms with Crippen molar-refractivity contribution in [2.45, 2.75) is 115 Å². The van der Waals surface area contributed by atoms with Gasteiger partial charge in [-0.1, -0.05) is 127 Å². The van der Waals surface area contributed by atoms with Gasteiger partial charge < -0.3 is 33.2 Å². The van der Waals surface area contributed by atoms with E-state index in [4.69, 9.17) is 33.2 Å². The SMILES string of the molecule is CC(C)(C)OC(=O)N1[C@@H](Cn2nncc2[C@@H]2O[C@H](COCc3ccccc3)[C@@H](OCc3ccccc3)[C@H](OCc3ccccc3)[C@H]2OCc2ccccc2)COC1(C)C. The molecule has 12 heteroatoms. The molecule has 2 aliphatic rings. The van der Waals surface area contributed by atoms with Crippen LogP contribution in [0.25, 0.3) is 0 Å². The smallest absolute Gasteiger partial charge is 0.412 e. The highest BCUT2D eigenvalue weighted by molar-refractivity contribution is 5.69. The van der Waals surface area contributed by atoms with E-state index in [1.165, 1.54) is 0 Å². The van der Waals surface area contributed by atoms with Gasteiger partial charge in [0.2, 0.25) is 0 Å². The van der Waals surface area contributed by atoms with Crippen molar-refractivity contribution in [2.24, 2.45) is 0 Å². The van der Waals surface area contributed by atoms with E-state index in [1.807, 2.05) is 156 Å². The zero-order valence-corrected chi connectivity index (χ0v) is 34.6. The number of rotatable bonds is 16. The Bertz CT molecular complexity index is 2030. The lowest BCUT2D eigenvalue weighted by Crippen LogP contribution is -2.58. The topological polar surface area (TPSA) is 116 Å². The minimum atomic E-state index is -0.905. The van der Waals surface area contributed by atoms with Gasteiger partial charge in [-0.2, -0.15) is 0 Å². The van der Waals surface area contributed by atoms with Gasteiger partial charge in [0.05, 0.1) is 64.1 Å². The first-order valence-corrected chi connectivity index (χ1v) is 20.3. The van der Waals surface area contributed by atoms with Crippen LogP contribution in [0.4, 0.5) is 4.79 Å². The fraction of sp³-hybridized carbons (Fsp3) is 0.426. The summed E-state index contributed by atoms with van der Waals surface area (Å²) in [5, 5.41) is 8.95. The van der Waals surface area contributed by atoms with Crippen molar-refractivity contribution in [1.29, 1.82) is 0 Å². The Labute approximate surface area is 347 Å². The number of nitrogens with zero attached hydrogens (tertiary/aromatic N) is 4. The lowest BCUT2D eigenvalue weighted by Gasteiger charge is -2.46. The predicted molar refractivity (Wildman–Crippen MR) is 221 cm³/mol. The van der Waals surface area contributed by atoms with Crippen LogP contribution in [0.3, 0.4) is 0 Å². The predicted octanol–water partition coefficient (Wildman–Crippen LogP) is 8.06. The molecule has 0 N–H and O–H groups in total. The quantitative estimate of drug-likeness (QED) is 0.0971. The molecule has 2 fully saturated rings. The summed E-state index contributed by atoms with van der Waals surface area (Å²) in [7, 11) is 0. The molecule has 1 amide bonds. The van der Waals surface area contributed by atoms with Gasteiger partial charge in [0, 0.05) is 0 Å². The summed E-state index contributed by atoms with van der Waals surface area (Å²) < 4.78 is 48.1. The molecule has 0 unspecified atom stereocenters. The van der Waals surface area contributed by atoms with Crippen molar-refractivity contribution in [3.63, 3.8) is 0 Å². The molecule has 12 nitrogen and oxygen atoms in total. The summed E-state index contributed by atoms with van der Waals surface area (Å²) in [5.41, 5.74) is 3.12. The summed E-state index contributed by atoms with van der Waals surface area (Å²) in [6.45, 7) is 11.3. The van der Waals surface area contributed by atoms with Crippen molar-refractivity contribution < 1.29 is 38.0 Å². The summed E-state index contributed by atoms with van der Waals surface area (Å²) >= 11 is 0. The van der Waals surface area contributed by atoms with E-state index in [0.29, 0.717) is 25.5 Å². The molecule has 1 aromatic heterocycles. The van der Waals surface area contributed by atoms with E-state index in [-0.39, 0.29) is 26.4 Å². The molecule has 6 atom stereocenters. The van der Waals surface area contributed by atoms with Crippen LogP contribution in [0.2, 0.25) is 0 Å². The largest absolute Gasteiger partial charge is 0.444 e. The molecule has 0 saturated carbocycles. The van der Waals surface area contributed by atoms with Crippen molar-refractivity contribution >= 4 is 6.09 Å². The number of aromatic nitrogens is 3. The maximum Gasteiger partial charge on any atom is 0.412 e. The fourth-order valence-electron chi connectivity index (χ4n) is 7.55. The molecular weight excluding hydrogens is 749 g/mol. The molecule has 4 aromatic carbocycles. The molecular formula is C47H56N4O8. The van der Waals surface area contributed by atoms with Gasteiger partial charge in [-0.3, -0.25) is 4.90 Å². The molecule has 0 spiro atoms. The zero-order chi connectivity index (χ0) is 41.2. The number of hydrogen-bond donors (Lipinski definition) is 0. The number of hydrogen-bond acceptors (Lipinski definition) is 10. The normalized spacial score (nSPS) is 23.0. The highest BCUT2D eigenvalue weighted by atomic mass is 16.6. The Morgan fingerprint density at radius 3 is 1.73 bits per heavy atom. The monoisotopic (exact) mass is 804 g/mol. The maximum absolute atomic E-state index is 13.6. The summed E-state index contributed by atoms with van der Waals surface area (Å²) in [6, 6.07) is 39.8. The van der Waals surface area contributed by atoms with Gasteiger partial charge in [-0.25, -0.2) is 9.48 Å². The number of ether oxygens (including phenoxy) is 7. The second-order valence-electron chi connectivity index (χ2n) is 16.5. The van der Waals surface area contributed by atoms with Crippen LogP contribution in [0.15, 0.2) is 128 Å². The van der Waals surface area contributed by atoms with Gasteiger partial charge in [0.1, 0.15) is 41.8 Å². The van der Waals surface area contributed by atoms with Crippen LogP contribution in [0, 0.1) is 0 Å². The summed E-state index contributed by atoms with van der Waals surface area (Å²) in [6.07, 6.45) is -2.04. The van der Waals surface area contributed by atoms with E-state index in [0.717, 1.165) is 22.3 Å². The van der Waals surface area contributed by atoms with Crippen LogP contribution >= 0.6 is 0 Å². The minimum Gasteiger partial charge on any atom is -0.444 e. The Hall–Kier alpha value is -4.95. The van der Waals surface area contributed by atoms with E-state index in [2.05, 4.69) is 10.3 Å². The molecule has 0 radical (unpaired) electrons. The van der Waals surface area contributed by atoms with Crippen LogP contribution in [0.1, 0.15) is 68.7 Å². The summed E-state index contributed by atoms with van der Waals surface area (Å²) in [4.78, 5) is 15.3. The molecule has 2 aliphatic heterocycles. The van der Waals surface area contributed by atoms with E-state index < -0.39 is 54.0 Å². The first-order chi connectivity index (χ1) is 28.5. The third-order valence-corrected chi connectivity index (χ3v) is 10.4. The highest BCUT2D eigenvalue weighted by Crippen LogP contribution is 2.39. The van der Waals surface area contributed by atoms with Crippen LogP contribution in [0.5, 0.6) is 0 Å². The van der Waals surface area contributed by atoms with E-state index in [1.54, 1.807) is 15.8 Å². The van der Waals surface area contributed by atoms with Gasteiger partial charge >= 0.3 is 6.09 Å². The zero-order valence-electron chi connectivity index (χ0n) is 34.6. The molecule has 2 saturated heterocycles. The van der Waals surface area contributed by atoms with Gasteiger partial charge in [0.15, 0.2) is 0 Å². The minimum absolute atomic E-state index is 0.208. The first kappa shape index (κ1) is 42.2. The van der Waals surface area contributed by atoms with Crippen molar-refractivity contribution in [2.75, 3.05) is 13.2 Å². The Morgan fingerprint density at radius 1 is 0.712 bits per heavy atom. The average molecular weight is 805 g/mol. The van der Waals surface area contributed by atoms with Crippen molar-refractivity contribution in [3.05, 3.63) is 155 Å². The number of amides is 1. The average Bonchev–Trinajstić information content (AvgIpc) is 3.82. The van der Waals surface area contributed by atoms with Gasteiger partial charge in [0.25, 0.3) is 0 Å². The Kier molecular flexibility index (Phi) is 13.9. The standard InChI is InChI=1S/C47H56N4O8/c1-46(2,3)59-45(52)51-38(32-57-47(51,4)5)27-50-39(26-48-49-50)41-43(55-30-36-22-14-8-15-23-36)44(56-31-37-24-16-9-17-25-37)42(54-29-35-20-12-7-13-21-35)40(58-41)33-53-28-34-18-10-6-11-19-34/h6-26,38,40-44H,27-33H2,1-5H3/t38-,40+,41-,42+,43-,44-/m0/s1. The first-order valence-electron chi connectivity index (χ1n) is 20.3. The van der Waals surface area contributed by atoms with Crippen LogP contribution < -0.4 is 0 Å². The lowest BCUT2D eigenvalue weighted by molar-refractivity contribution is -0.276. The van der Waals surface area contributed by atoms with Crippen molar-refractivity contribution in [3.8, 4) is 0 Å². The maximum atomic E-state index is 13.6. The highest BCUT2D eigenvalue weighted by Gasteiger charge is 2.51.